The van der Waals surface area contributed by atoms with E-state index in [1.54, 1.807) is 5.32 Å². The molecule has 30 heavy (non-hydrogen) atoms. The molecule has 0 aromatic rings. The molecule has 0 saturated heterocycles. The van der Waals surface area contributed by atoms with Gasteiger partial charge in [0.05, 0.1) is 0 Å². The largest absolute Gasteiger partial charge is 0.490 e. The number of sulfone groups is 3. The van der Waals surface area contributed by atoms with Crippen LogP contribution in [0.4, 0.5) is 39.5 Å². The van der Waals surface area contributed by atoms with Crippen LogP contribution in [0.5, 0.6) is 0 Å². The zero-order valence-corrected chi connectivity index (χ0v) is 16.5. The molecule has 0 heterocycles. The predicted molar refractivity (Wildman–Crippen MR) is 81.8 cm³/mol. The molecule has 1 aliphatic carbocycles. The summed E-state index contributed by atoms with van der Waals surface area (Å²) in [4.78, 5) is -4.74. The molecule has 0 saturated carbocycles. The Labute approximate surface area is 163 Å². The number of alkyl halides is 9. The lowest BCUT2D eigenvalue weighted by molar-refractivity contribution is -0.0433. The maximum absolute atomic E-state index is 12.9. The second-order valence-corrected chi connectivity index (χ2v) is 11.2. The monoisotopic (exact) mass is 518 g/mol. The summed E-state index contributed by atoms with van der Waals surface area (Å²) in [7, 11) is -20.3. The number of rotatable bonds is 5. The quantitative estimate of drug-likeness (QED) is 0.438. The van der Waals surface area contributed by atoms with Crippen molar-refractivity contribution in [1.29, 1.82) is 0 Å². The fourth-order valence-corrected chi connectivity index (χ4v) is 5.25. The SMILES string of the molecule is CCNC1C(S(=O)(=O)C(F)(F)F)=C[C-](S(=O)(=O)C(F)(F)F)C=C1S(=O)(=O)C(F)(F)F. The summed E-state index contributed by atoms with van der Waals surface area (Å²) in [6.45, 7) is 0.322. The van der Waals surface area contributed by atoms with Gasteiger partial charge in [0, 0.05) is 0 Å². The first-order chi connectivity index (χ1) is 13.0. The van der Waals surface area contributed by atoms with Crippen LogP contribution in [-0.2, 0) is 29.5 Å². The highest BCUT2D eigenvalue weighted by Gasteiger charge is 2.54. The topological polar surface area (TPSA) is 114 Å². The second kappa shape index (κ2) is 7.59. The zero-order valence-electron chi connectivity index (χ0n) is 14.0. The summed E-state index contributed by atoms with van der Waals surface area (Å²) in [5.41, 5.74) is -18.9. The standard InChI is InChI=1S/C11H9F9NO6S3/c1-2-21-8-6(29(24,25)10(15,16)17)3-5(28(22,23)9(12,13)14)4-7(8)30(26,27)11(18,19)20/h3-4,8,21H,2H2,1H3/q-1. The second-order valence-electron chi connectivity index (χ2n) is 5.33. The smallest absolute Gasteiger partial charge is 0.327 e. The molecule has 1 rings (SSSR count). The summed E-state index contributed by atoms with van der Waals surface area (Å²) in [6.07, 6.45) is -1.37. The van der Waals surface area contributed by atoms with Gasteiger partial charge in [-0.25, -0.2) is 25.3 Å². The van der Waals surface area contributed by atoms with Gasteiger partial charge >= 0.3 is 16.5 Å². The lowest BCUT2D eigenvalue weighted by atomic mass is 10.1. The van der Waals surface area contributed by atoms with E-state index in [2.05, 4.69) is 0 Å². The molecule has 0 aromatic heterocycles. The zero-order chi connectivity index (χ0) is 24.1. The highest BCUT2D eigenvalue weighted by molar-refractivity contribution is 7.98. The minimum atomic E-state index is -6.77. The number of halogens is 9. The Hall–Kier alpha value is -1.47. The first-order valence-corrected chi connectivity index (χ1v) is 11.5. The van der Waals surface area contributed by atoms with E-state index >= 15 is 0 Å². The lowest BCUT2D eigenvalue weighted by Crippen LogP contribution is -2.46. The molecule has 1 N–H and O–H groups in total. The minimum Gasteiger partial charge on any atom is -0.327 e. The molecule has 0 radical (unpaired) electrons. The molecular weight excluding hydrogens is 509 g/mol. The van der Waals surface area contributed by atoms with Crippen LogP contribution in [0, 0.1) is 5.25 Å². The number of nitrogens with one attached hydrogen (secondary N) is 1. The van der Waals surface area contributed by atoms with Gasteiger partial charge in [0.2, 0.25) is 29.5 Å². The van der Waals surface area contributed by atoms with Crippen LogP contribution in [0.15, 0.2) is 22.0 Å². The molecule has 1 aliphatic rings. The Morgan fingerprint density at radius 1 is 0.767 bits per heavy atom. The van der Waals surface area contributed by atoms with Crippen molar-refractivity contribution in [2.45, 2.75) is 29.5 Å². The molecule has 0 amide bonds. The highest BCUT2D eigenvalue weighted by Crippen LogP contribution is 2.44. The van der Waals surface area contributed by atoms with Crippen LogP contribution in [0.3, 0.4) is 0 Å². The fourth-order valence-electron chi connectivity index (χ4n) is 2.06. The average Bonchev–Trinajstić information content (AvgIpc) is 2.51. The van der Waals surface area contributed by atoms with Crippen molar-refractivity contribution in [2.75, 3.05) is 6.54 Å². The Balaban J connectivity index is 4.07. The van der Waals surface area contributed by atoms with Gasteiger partial charge in [-0.05, 0) is 27.6 Å². The van der Waals surface area contributed by atoms with Gasteiger partial charge in [-0.15, -0.1) is 12.2 Å². The van der Waals surface area contributed by atoms with E-state index in [1.165, 1.54) is 0 Å². The van der Waals surface area contributed by atoms with Gasteiger partial charge in [-0.2, -0.15) is 39.5 Å². The van der Waals surface area contributed by atoms with Crippen molar-refractivity contribution < 1.29 is 64.8 Å². The van der Waals surface area contributed by atoms with Crippen LogP contribution in [0.2, 0.25) is 0 Å². The van der Waals surface area contributed by atoms with Crippen LogP contribution in [0.25, 0.3) is 0 Å². The van der Waals surface area contributed by atoms with Gasteiger partial charge in [0.25, 0.3) is 0 Å². The normalized spacial score (nSPS) is 18.3. The number of likely N-dealkylation sites (N-methyl/N-ethyl adjacent to an activating group) is 1. The van der Waals surface area contributed by atoms with Crippen LogP contribution in [-0.4, -0.2) is 54.4 Å². The molecule has 19 heteroatoms. The molecule has 0 spiro atoms. The Morgan fingerprint density at radius 3 is 1.33 bits per heavy atom. The molecule has 0 unspecified atom stereocenters. The maximum atomic E-state index is 12.9. The Morgan fingerprint density at radius 2 is 1.10 bits per heavy atom. The third kappa shape index (κ3) is 4.42. The summed E-state index contributed by atoms with van der Waals surface area (Å²) in [5, 5.41) is -0.768. The van der Waals surface area contributed by atoms with Gasteiger partial charge in [0.15, 0.2) is 0 Å². The molecule has 7 nitrogen and oxygen atoms in total. The summed E-state index contributed by atoms with van der Waals surface area (Å²) >= 11 is 0. The lowest BCUT2D eigenvalue weighted by Gasteiger charge is -2.37. The molecule has 0 atom stereocenters. The van der Waals surface area contributed by atoms with Crippen molar-refractivity contribution in [2.24, 2.45) is 0 Å². The molecule has 0 aliphatic heterocycles. The van der Waals surface area contributed by atoms with Crippen LogP contribution in [0.1, 0.15) is 6.92 Å². The third-order valence-corrected chi connectivity index (χ3v) is 8.02. The van der Waals surface area contributed by atoms with Crippen LogP contribution >= 0.6 is 0 Å². The van der Waals surface area contributed by atoms with Gasteiger partial charge < -0.3 is 5.32 Å². The Kier molecular flexibility index (Phi) is 6.72. The molecule has 0 fully saturated rings. The van der Waals surface area contributed by atoms with E-state index < -0.39 is 85.8 Å². The molecule has 0 aromatic carbocycles. The van der Waals surface area contributed by atoms with E-state index in [9.17, 15) is 64.8 Å². The van der Waals surface area contributed by atoms with E-state index in [4.69, 9.17) is 0 Å². The van der Waals surface area contributed by atoms with E-state index in [-0.39, 0.29) is 0 Å². The van der Waals surface area contributed by atoms with Gasteiger partial charge in [0.1, 0.15) is 0 Å². The first kappa shape index (κ1) is 26.6. The summed E-state index contributed by atoms with van der Waals surface area (Å²) in [5.74, 6) is 0. The van der Waals surface area contributed by atoms with Gasteiger partial charge in [-0.3, -0.25) is 0 Å². The highest BCUT2D eigenvalue weighted by atomic mass is 32.2. The number of hydrogen-bond donors (Lipinski definition) is 1. The van der Waals surface area contributed by atoms with E-state index in [0.29, 0.717) is 0 Å². The van der Waals surface area contributed by atoms with E-state index in [1.807, 2.05) is 0 Å². The first-order valence-electron chi connectivity index (χ1n) is 7.01. The van der Waals surface area contributed by atoms with E-state index in [0.717, 1.165) is 6.92 Å². The average molecular weight is 518 g/mol. The fraction of sp³-hybridized carbons (Fsp3) is 0.545. The maximum Gasteiger partial charge on any atom is 0.490 e. The van der Waals surface area contributed by atoms with Crippen molar-refractivity contribution in [3.8, 4) is 0 Å². The van der Waals surface area contributed by atoms with Crippen molar-refractivity contribution in [3.05, 3.63) is 27.2 Å². The minimum absolute atomic E-state index is 0.665. The molecular formula is C11H9F9NO6S3-. The van der Waals surface area contributed by atoms with Crippen molar-refractivity contribution >= 4 is 29.5 Å². The summed E-state index contributed by atoms with van der Waals surface area (Å²) < 4.78 is 186. The number of hydrogen-bond acceptors (Lipinski definition) is 7. The predicted octanol–water partition coefficient (Wildman–Crippen LogP) is 2.08. The third-order valence-electron chi connectivity index (χ3n) is 3.39. The Bertz CT molecular complexity index is 1000. The molecule has 176 valence electrons. The van der Waals surface area contributed by atoms with Crippen LogP contribution < -0.4 is 5.32 Å². The van der Waals surface area contributed by atoms with Crippen molar-refractivity contribution in [3.63, 3.8) is 0 Å². The summed E-state index contributed by atoms with van der Waals surface area (Å²) in [6, 6.07) is -2.97. The van der Waals surface area contributed by atoms with Crippen molar-refractivity contribution in [1.82, 2.24) is 5.32 Å². The van der Waals surface area contributed by atoms with Gasteiger partial charge in [-0.1, -0.05) is 6.92 Å². The molecule has 0 bridgehead atoms.